The van der Waals surface area contributed by atoms with Crippen LogP contribution in [0.25, 0.3) is 6.08 Å². The van der Waals surface area contributed by atoms with Gasteiger partial charge in [-0.15, -0.1) is 0 Å². The maximum atomic E-state index is 12.8. The van der Waals surface area contributed by atoms with E-state index >= 15 is 0 Å². The average Bonchev–Trinajstić information content (AvgIpc) is 3.33. The van der Waals surface area contributed by atoms with E-state index < -0.39 is 12.1 Å². The second-order valence-corrected chi connectivity index (χ2v) is 6.98. The molecule has 6 nitrogen and oxygen atoms in total. The van der Waals surface area contributed by atoms with Gasteiger partial charge < -0.3 is 18.9 Å². The van der Waals surface area contributed by atoms with E-state index in [0.29, 0.717) is 42.3 Å². The lowest BCUT2D eigenvalue weighted by Crippen LogP contribution is -2.24. The molecule has 0 aliphatic carbocycles. The van der Waals surface area contributed by atoms with Gasteiger partial charge in [0.1, 0.15) is 17.2 Å². The van der Waals surface area contributed by atoms with Crippen molar-refractivity contribution in [3.05, 3.63) is 58.8 Å². The number of rotatable bonds is 5. The standard InChI is InChI=1S/C23H22O6/c1-3-26-16-8-6-15(7-9-16)12-20-22(24)21-14(2)11-17(13-19(21)29-20)28-23(25)18-5-4-10-27-18/h6-9,11-13,18H,3-5,10H2,1-2H3/b20-12-. The highest BCUT2D eigenvalue weighted by molar-refractivity contribution is 6.15. The van der Waals surface area contributed by atoms with E-state index in [0.717, 1.165) is 17.7 Å². The molecule has 150 valence electrons. The van der Waals surface area contributed by atoms with Gasteiger partial charge in [-0.05, 0) is 62.1 Å². The number of aryl methyl sites for hydroxylation is 1. The molecule has 0 amide bonds. The molecule has 1 atom stereocenters. The number of Topliss-reactive ketones (excluding diaryl/α,β-unsaturated/α-hetero) is 1. The van der Waals surface area contributed by atoms with Crippen LogP contribution < -0.4 is 14.2 Å². The van der Waals surface area contributed by atoms with Crippen LogP contribution in [-0.4, -0.2) is 31.1 Å². The maximum absolute atomic E-state index is 12.8. The summed E-state index contributed by atoms with van der Waals surface area (Å²) in [5.41, 5.74) is 2.00. The molecule has 1 unspecified atom stereocenters. The van der Waals surface area contributed by atoms with E-state index in [-0.39, 0.29) is 11.5 Å². The molecule has 29 heavy (non-hydrogen) atoms. The van der Waals surface area contributed by atoms with Gasteiger partial charge in [0.05, 0.1) is 12.2 Å². The molecular formula is C23H22O6. The Hall–Kier alpha value is -3.12. The molecule has 2 aliphatic rings. The number of ketones is 1. The zero-order valence-corrected chi connectivity index (χ0v) is 16.4. The van der Waals surface area contributed by atoms with Gasteiger partial charge in [0, 0.05) is 12.7 Å². The SMILES string of the molecule is CCOc1ccc(/C=C2\Oc3cc(OC(=O)C4CCCO4)cc(C)c3C2=O)cc1. The molecule has 6 heteroatoms. The normalized spacial score (nSPS) is 19.2. The number of fused-ring (bicyclic) bond motifs is 1. The van der Waals surface area contributed by atoms with Crippen LogP contribution in [0.3, 0.4) is 0 Å². The molecule has 0 saturated carbocycles. The Morgan fingerprint density at radius 3 is 2.69 bits per heavy atom. The van der Waals surface area contributed by atoms with Crippen molar-refractivity contribution in [2.75, 3.05) is 13.2 Å². The second-order valence-electron chi connectivity index (χ2n) is 6.98. The van der Waals surface area contributed by atoms with Crippen LogP contribution >= 0.6 is 0 Å². The van der Waals surface area contributed by atoms with Crippen molar-refractivity contribution < 1.29 is 28.5 Å². The quantitative estimate of drug-likeness (QED) is 0.432. The van der Waals surface area contributed by atoms with Gasteiger partial charge in [0.25, 0.3) is 0 Å². The van der Waals surface area contributed by atoms with Crippen molar-refractivity contribution >= 4 is 17.8 Å². The predicted octanol–water partition coefficient (Wildman–Crippen LogP) is 4.09. The lowest BCUT2D eigenvalue weighted by molar-refractivity contribution is -0.144. The van der Waals surface area contributed by atoms with Gasteiger partial charge in [-0.25, -0.2) is 4.79 Å². The fraction of sp³-hybridized carbons (Fsp3) is 0.304. The summed E-state index contributed by atoms with van der Waals surface area (Å²) in [4.78, 5) is 25.0. The number of ether oxygens (including phenoxy) is 4. The third kappa shape index (κ3) is 4.03. The van der Waals surface area contributed by atoms with Crippen molar-refractivity contribution in [1.29, 1.82) is 0 Å². The summed E-state index contributed by atoms with van der Waals surface area (Å²) in [5.74, 6) is 1.12. The average molecular weight is 394 g/mol. The molecule has 1 fully saturated rings. The number of allylic oxidation sites excluding steroid dienone is 1. The highest BCUT2D eigenvalue weighted by atomic mass is 16.6. The fourth-order valence-corrected chi connectivity index (χ4v) is 3.46. The third-order valence-electron chi connectivity index (χ3n) is 4.84. The van der Waals surface area contributed by atoms with Crippen molar-refractivity contribution in [2.45, 2.75) is 32.8 Å². The highest BCUT2D eigenvalue weighted by Crippen LogP contribution is 2.37. The van der Waals surface area contributed by atoms with Crippen LogP contribution in [0.2, 0.25) is 0 Å². The second kappa shape index (κ2) is 8.09. The topological polar surface area (TPSA) is 71.1 Å². The lowest BCUT2D eigenvalue weighted by Gasteiger charge is -2.11. The molecule has 2 heterocycles. The number of esters is 1. The van der Waals surface area contributed by atoms with E-state index in [1.54, 1.807) is 25.1 Å². The maximum Gasteiger partial charge on any atom is 0.340 e. The molecule has 0 bridgehead atoms. The Balaban J connectivity index is 1.54. The Bertz CT molecular complexity index is 968. The summed E-state index contributed by atoms with van der Waals surface area (Å²) in [7, 11) is 0. The van der Waals surface area contributed by atoms with E-state index in [2.05, 4.69) is 0 Å². The zero-order valence-electron chi connectivity index (χ0n) is 16.4. The molecule has 2 aliphatic heterocycles. The summed E-state index contributed by atoms with van der Waals surface area (Å²) < 4.78 is 22.0. The third-order valence-corrected chi connectivity index (χ3v) is 4.84. The van der Waals surface area contributed by atoms with Crippen molar-refractivity contribution in [3.63, 3.8) is 0 Å². The Kier molecular flexibility index (Phi) is 5.36. The smallest absolute Gasteiger partial charge is 0.340 e. The van der Waals surface area contributed by atoms with Crippen molar-refractivity contribution in [1.82, 2.24) is 0 Å². The molecule has 0 N–H and O–H groups in total. The van der Waals surface area contributed by atoms with Gasteiger partial charge in [-0.1, -0.05) is 12.1 Å². The van der Waals surface area contributed by atoms with Gasteiger partial charge in [-0.3, -0.25) is 4.79 Å². The van der Waals surface area contributed by atoms with Crippen LogP contribution in [0.5, 0.6) is 17.2 Å². The predicted molar refractivity (Wildman–Crippen MR) is 106 cm³/mol. The summed E-state index contributed by atoms with van der Waals surface area (Å²) >= 11 is 0. The Morgan fingerprint density at radius 1 is 1.21 bits per heavy atom. The molecule has 2 aromatic rings. The van der Waals surface area contributed by atoms with E-state index in [4.69, 9.17) is 18.9 Å². The minimum Gasteiger partial charge on any atom is -0.494 e. The number of benzene rings is 2. The summed E-state index contributed by atoms with van der Waals surface area (Å²) in [6.45, 7) is 4.88. The van der Waals surface area contributed by atoms with Gasteiger partial charge in [0.2, 0.25) is 5.78 Å². The molecule has 0 spiro atoms. The molecule has 1 saturated heterocycles. The molecule has 0 radical (unpaired) electrons. The fourth-order valence-electron chi connectivity index (χ4n) is 3.46. The van der Waals surface area contributed by atoms with Crippen molar-refractivity contribution in [2.24, 2.45) is 0 Å². The molecule has 2 aromatic carbocycles. The minimum atomic E-state index is -0.527. The first-order valence-electron chi connectivity index (χ1n) is 9.70. The van der Waals surface area contributed by atoms with Gasteiger partial charge >= 0.3 is 5.97 Å². The van der Waals surface area contributed by atoms with E-state index in [1.807, 2.05) is 31.2 Å². The Labute approximate surface area is 169 Å². The summed E-state index contributed by atoms with van der Waals surface area (Å²) in [6, 6.07) is 10.7. The number of hydrogen-bond acceptors (Lipinski definition) is 6. The Morgan fingerprint density at radius 2 is 2.00 bits per heavy atom. The number of carbonyl (C=O) groups excluding carboxylic acids is 2. The first-order valence-corrected chi connectivity index (χ1v) is 9.70. The monoisotopic (exact) mass is 394 g/mol. The lowest BCUT2D eigenvalue weighted by atomic mass is 10.0. The van der Waals surface area contributed by atoms with Crippen LogP contribution in [0.4, 0.5) is 0 Å². The first kappa shape index (κ1) is 19.2. The van der Waals surface area contributed by atoms with Gasteiger partial charge in [-0.2, -0.15) is 0 Å². The van der Waals surface area contributed by atoms with Crippen molar-refractivity contribution in [3.8, 4) is 17.2 Å². The van der Waals surface area contributed by atoms with Crippen LogP contribution in [-0.2, 0) is 9.53 Å². The summed E-state index contributed by atoms with van der Waals surface area (Å²) in [6.07, 6.45) is 2.67. The molecule has 4 rings (SSSR count). The molecule has 0 aromatic heterocycles. The largest absolute Gasteiger partial charge is 0.494 e. The van der Waals surface area contributed by atoms with E-state index in [1.165, 1.54) is 0 Å². The zero-order chi connectivity index (χ0) is 20.4. The van der Waals surface area contributed by atoms with E-state index in [9.17, 15) is 9.59 Å². The minimum absolute atomic E-state index is 0.191. The number of hydrogen-bond donors (Lipinski definition) is 0. The number of carbonyl (C=O) groups is 2. The van der Waals surface area contributed by atoms with Gasteiger partial charge in [0.15, 0.2) is 11.9 Å². The highest BCUT2D eigenvalue weighted by Gasteiger charge is 2.31. The molecular weight excluding hydrogens is 372 g/mol. The van der Waals surface area contributed by atoms with Crippen LogP contribution in [0.1, 0.15) is 41.3 Å². The first-order chi connectivity index (χ1) is 14.0. The summed E-state index contributed by atoms with van der Waals surface area (Å²) in [5, 5.41) is 0. The van der Waals surface area contributed by atoms with Crippen LogP contribution in [0, 0.1) is 6.92 Å². The van der Waals surface area contributed by atoms with Crippen LogP contribution in [0.15, 0.2) is 42.2 Å².